The lowest BCUT2D eigenvalue weighted by Crippen LogP contribution is -2.37. The Morgan fingerprint density at radius 3 is 2.33 bits per heavy atom. The van der Waals surface area contributed by atoms with E-state index in [4.69, 9.17) is 9.47 Å². The van der Waals surface area contributed by atoms with Gasteiger partial charge in [-0.25, -0.2) is 0 Å². The predicted molar refractivity (Wildman–Crippen MR) is 98.4 cm³/mol. The molecule has 1 fully saturated rings. The molecule has 0 bridgehead atoms. The van der Waals surface area contributed by atoms with Crippen LogP contribution in [-0.4, -0.2) is 44.4 Å². The largest absolute Gasteiger partial charge is 0.494 e. The quantitative estimate of drug-likeness (QED) is 0.723. The van der Waals surface area contributed by atoms with Crippen LogP contribution in [0, 0.1) is 0 Å². The van der Waals surface area contributed by atoms with Crippen LogP contribution in [0.15, 0.2) is 61.2 Å². The van der Waals surface area contributed by atoms with E-state index in [9.17, 15) is 0 Å². The molecule has 1 aliphatic rings. The zero-order valence-corrected chi connectivity index (χ0v) is 14.1. The molecule has 0 saturated carbocycles. The zero-order chi connectivity index (χ0) is 16.6. The molecular formula is C21H25NO2. The monoisotopic (exact) mass is 323 g/mol. The molecule has 126 valence electrons. The lowest BCUT2D eigenvalue weighted by atomic mass is 10.00. The average molecular weight is 323 g/mol. The lowest BCUT2D eigenvalue weighted by molar-refractivity contribution is 0.0358. The molecule has 3 rings (SSSR count). The number of morpholine rings is 1. The molecule has 0 spiro atoms. The van der Waals surface area contributed by atoms with E-state index in [1.54, 1.807) is 0 Å². The van der Waals surface area contributed by atoms with Gasteiger partial charge >= 0.3 is 0 Å². The Hall–Kier alpha value is -2.10. The molecular weight excluding hydrogens is 298 g/mol. The van der Waals surface area contributed by atoms with Gasteiger partial charge in [-0.05, 0) is 35.3 Å². The fourth-order valence-electron chi connectivity index (χ4n) is 2.86. The third-order valence-corrected chi connectivity index (χ3v) is 4.32. The van der Waals surface area contributed by atoms with Gasteiger partial charge < -0.3 is 9.47 Å². The van der Waals surface area contributed by atoms with E-state index in [1.807, 2.05) is 30.3 Å². The van der Waals surface area contributed by atoms with Gasteiger partial charge in [0.1, 0.15) is 5.75 Å². The zero-order valence-electron chi connectivity index (χ0n) is 14.1. The van der Waals surface area contributed by atoms with Gasteiger partial charge in [0.2, 0.25) is 0 Å². The highest BCUT2D eigenvalue weighted by Crippen LogP contribution is 2.23. The second kappa shape index (κ2) is 8.67. The summed E-state index contributed by atoms with van der Waals surface area (Å²) >= 11 is 0. The van der Waals surface area contributed by atoms with E-state index in [0.717, 1.165) is 68.3 Å². The van der Waals surface area contributed by atoms with E-state index in [2.05, 4.69) is 35.7 Å². The van der Waals surface area contributed by atoms with Crippen molar-refractivity contribution >= 4 is 5.57 Å². The second-order valence-electron chi connectivity index (χ2n) is 6.02. The Morgan fingerprint density at radius 2 is 1.62 bits per heavy atom. The Balaban J connectivity index is 1.45. The molecule has 0 radical (unpaired) electrons. The summed E-state index contributed by atoms with van der Waals surface area (Å²) in [5.74, 6) is 0.918. The van der Waals surface area contributed by atoms with Crippen LogP contribution in [0.1, 0.15) is 17.5 Å². The molecule has 1 heterocycles. The molecule has 0 aliphatic carbocycles. The number of hydrogen-bond acceptors (Lipinski definition) is 3. The summed E-state index contributed by atoms with van der Waals surface area (Å²) in [7, 11) is 0. The minimum Gasteiger partial charge on any atom is -0.494 e. The van der Waals surface area contributed by atoms with E-state index in [-0.39, 0.29) is 0 Å². The van der Waals surface area contributed by atoms with Crippen molar-refractivity contribution in [2.45, 2.75) is 6.42 Å². The van der Waals surface area contributed by atoms with Gasteiger partial charge in [0.25, 0.3) is 0 Å². The summed E-state index contributed by atoms with van der Waals surface area (Å²) in [5.41, 5.74) is 3.31. The number of rotatable bonds is 7. The van der Waals surface area contributed by atoms with Crippen molar-refractivity contribution in [2.24, 2.45) is 0 Å². The molecule has 0 atom stereocenters. The Kier molecular flexibility index (Phi) is 6.05. The minimum atomic E-state index is 0.746. The molecule has 0 unspecified atom stereocenters. The maximum absolute atomic E-state index is 5.85. The fourth-order valence-corrected chi connectivity index (χ4v) is 2.86. The molecule has 2 aromatic carbocycles. The highest BCUT2D eigenvalue weighted by Gasteiger charge is 2.09. The average Bonchev–Trinajstić information content (AvgIpc) is 2.67. The summed E-state index contributed by atoms with van der Waals surface area (Å²) in [6.45, 7) is 9.80. The first-order chi connectivity index (χ1) is 11.8. The molecule has 24 heavy (non-hydrogen) atoms. The smallest absolute Gasteiger partial charge is 0.119 e. The molecule has 1 saturated heterocycles. The molecule has 3 nitrogen and oxygen atoms in total. The lowest BCUT2D eigenvalue weighted by Gasteiger charge is -2.26. The molecule has 2 aromatic rings. The van der Waals surface area contributed by atoms with Crippen LogP contribution in [0.3, 0.4) is 0 Å². The van der Waals surface area contributed by atoms with E-state index in [0.29, 0.717) is 0 Å². The summed E-state index contributed by atoms with van der Waals surface area (Å²) in [6, 6.07) is 18.5. The molecule has 0 aromatic heterocycles. The first kappa shape index (κ1) is 16.7. The number of hydrogen-bond donors (Lipinski definition) is 0. The van der Waals surface area contributed by atoms with Crippen molar-refractivity contribution in [3.63, 3.8) is 0 Å². The number of nitrogens with zero attached hydrogens (tertiary/aromatic N) is 1. The third-order valence-electron chi connectivity index (χ3n) is 4.32. The van der Waals surface area contributed by atoms with Gasteiger partial charge in [-0.2, -0.15) is 0 Å². The van der Waals surface area contributed by atoms with Crippen LogP contribution in [0.2, 0.25) is 0 Å². The summed E-state index contributed by atoms with van der Waals surface area (Å²) in [5, 5.41) is 0. The standard InChI is InChI=1S/C21H25NO2/c1-18(19-6-3-2-4-7-19)20-8-10-21(11-9-20)24-15-5-12-22-13-16-23-17-14-22/h2-4,6-11H,1,5,12-17H2. The Labute approximate surface area is 144 Å². The molecule has 0 amide bonds. The van der Waals surface area contributed by atoms with Crippen LogP contribution in [0.5, 0.6) is 5.75 Å². The first-order valence-electron chi connectivity index (χ1n) is 8.60. The Bertz CT molecular complexity index is 631. The van der Waals surface area contributed by atoms with Gasteiger partial charge in [-0.3, -0.25) is 4.90 Å². The van der Waals surface area contributed by atoms with Crippen molar-refractivity contribution in [3.05, 3.63) is 72.3 Å². The summed E-state index contributed by atoms with van der Waals surface area (Å²) < 4.78 is 11.2. The van der Waals surface area contributed by atoms with Crippen molar-refractivity contribution in [2.75, 3.05) is 39.5 Å². The SMILES string of the molecule is C=C(c1ccccc1)c1ccc(OCCCN2CCOCC2)cc1. The van der Waals surface area contributed by atoms with E-state index >= 15 is 0 Å². The van der Waals surface area contributed by atoms with Crippen molar-refractivity contribution in [1.82, 2.24) is 4.90 Å². The van der Waals surface area contributed by atoms with Crippen LogP contribution < -0.4 is 4.74 Å². The first-order valence-corrected chi connectivity index (χ1v) is 8.60. The van der Waals surface area contributed by atoms with Gasteiger partial charge in [-0.15, -0.1) is 0 Å². The predicted octanol–water partition coefficient (Wildman–Crippen LogP) is 3.85. The van der Waals surface area contributed by atoms with E-state index in [1.165, 1.54) is 0 Å². The van der Waals surface area contributed by atoms with Crippen molar-refractivity contribution < 1.29 is 9.47 Å². The maximum Gasteiger partial charge on any atom is 0.119 e. The third kappa shape index (κ3) is 4.70. The molecule has 0 N–H and O–H groups in total. The molecule has 3 heteroatoms. The fraction of sp³-hybridized carbons (Fsp3) is 0.333. The highest BCUT2D eigenvalue weighted by atomic mass is 16.5. The van der Waals surface area contributed by atoms with Crippen LogP contribution >= 0.6 is 0 Å². The normalized spacial score (nSPS) is 15.2. The second-order valence-corrected chi connectivity index (χ2v) is 6.02. The van der Waals surface area contributed by atoms with Gasteiger partial charge in [0.15, 0.2) is 0 Å². The maximum atomic E-state index is 5.85. The van der Waals surface area contributed by atoms with Gasteiger partial charge in [0.05, 0.1) is 19.8 Å². The molecule has 1 aliphatic heterocycles. The topological polar surface area (TPSA) is 21.7 Å². The van der Waals surface area contributed by atoms with E-state index < -0.39 is 0 Å². The van der Waals surface area contributed by atoms with Crippen molar-refractivity contribution in [1.29, 1.82) is 0 Å². The summed E-state index contributed by atoms with van der Waals surface area (Å²) in [6.07, 6.45) is 1.04. The minimum absolute atomic E-state index is 0.746. The van der Waals surface area contributed by atoms with Gasteiger partial charge in [-0.1, -0.05) is 49.0 Å². The van der Waals surface area contributed by atoms with Gasteiger partial charge in [0, 0.05) is 19.6 Å². The van der Waals surface area contributed by atoms with Crippen molar-refractivity contribution in [3.8, 4) is 5.75 Å². The van der Waals surface area contributed by atoms with Crippen LogP contribution in [-0.2, 0) is 4.74 Å². The highest BCUT2D eigenvalue weighted by molar-refractivity contribution is 5.78. The number of ether oxygens (including phenoxy) is 2. The Morgan fingerprint density at radius 1 is 0.958 bits per heavy atom. The van der Waals surface area contributed by atoms with Crippen LogP contribution in [0.4, 0.5) is 0 Å². The summed E-state index contributed by atoms with van der Waals surface area (Å²) in [4.78, 5) is 2.43. The van der Waals surface area contributed by atoms with Crippen LogP contribution in [0.25, 0.3) is 5.57 Å². The number of benzene rings is 2.